The Labute approximate surface area is 176 Å². The quantitative estimate of drug-likeness (QED) is 0.631. The Hall–Kier alpha value is -2.55. The summed E-state index contributed by atoms with van der Waals surface area (Å²) in [5, 5.41) is 0.586. The van der Waals surface area contributed by atoms with Gasteiger partial charge in [-0.15, -0.1) is 0 Å². The number of aromatic amines is 1. The highest BCUT2D eigenvalue weighted by molar-refractivity contribution is 7.89. The average molecular weight is 427 g/mol. The molecule has 0 aliphatic carbocycles. The molecule has 2 aromatic carbocycles. The lowest BCUT2D eigenvalue weighted by molar-refractivity contribution is 0.165. The molecule has 1 aliphatic rings. The van der Waals surface area contributed by atoms with E-state index in [2.05, 4.69) is 19.6 Å². The van der Waals surface area contributed by atoms with Crippen molar-refractivity contribution in [3.63, 3.8) is 0 Å². The molecule has 1 fully saturated rings. The van der Waals surface area contributed by atoms with Crippen LogP contribution in [-0.4, -0.2) is 42.9 Å². The van der Waals surface area contributed by atoms with E-state index in [-0.39, 0.29) is 11.5 Å². The standard InChI is InChI=1S/C22H26N4O3S/c1-16-8-10-18(11-9-16)30(28,29)23-13-17-5-4-12-26(14-17)15-21-24-20-7-3-2-6-19(20)22(27)25-21/h2-3,6-11,17,23H,4-5,12-15H2,1H3,(H,24,25,27). The van der Waals surface area contributed by atoms with E-state index < -0.39 is 10.0 Å². The van der Waals surface area contributed by atoms with Crippen LogP contribution in [0.25, 0.3) is 10.9 Å². The number of aromatic nitrogens is 2. The van der Waals surface area contributed by atoms with Gasteiger partial charge in [0.05, 0.1) is 22.3 Å². The van der Waals surface area contributed by atoms with E-state index in [1.54, 1.807) is 30.3 Å². The second-order valence-electron chi connectivity index (χ2n) is 7.94. The summed E-state index contributed by atoms with van der Waals surface area (Å²) in [6.07, 6.45) is 1.95. The normalized spacial score (nSPS) is 18.0. The number of hydrogen-bond donors (Lipinski definition) is 2. The monoisotopic (exact) mass is 426 g/mol. The molecule has 4 rings (SSSR count). The van der Waals surface area contributed by atoms with E-state index in [1.807, 2.05) is 25.1 Å². The topological polar surface area (TPSA) is 95.2 Å². The van der Waals surface area contributed by atoms with Crippen molar-refractivity contribution in [2.24, 2.45) is 5.92 Å². The van der Waals surface area contributed by atoms with Gasteiger partial charge in [-0.3, -0.25) is 9.69 Å². The van der Waals surface area contributed by atoms with Crippen LogP contribution in [0.4, 0.5) is 0 Å². The summed E-state index contributed by atoms with van der Waals surface area (Å²) in [4.78, 5) is 22.3. The van der Waals surface area contributed by atoms with Gasteiger partial charge in [0.25, 0.3) is 5.56 Å². The van der Waals surface area contributed by atoms with Gasteiger partial charge in [-0.05, 0) is 56.5 Å². The Balaban J connectivity index is 1.39. The number of nitrogens with one attached hydrogen (secondary N) is 2. The maximum Gasteiger partial charge on any atom is 0.258 e. The first kappa shape index (κ1) is 20.7. The van der Waals surface area contributed by atoms with E-state index in [9.17, 15) is 13.2 Å². The molecule has 1 atom stereocenters. The van der Waals surface area contributed by atoms with Crippen molar-refractivity contribution in [1.82, 2.24) is 19.6 Å². The molecule has 158 valence electrons. The van der Waals surface area contributed by atoms with Crippen molar-refractivity contribution in [2.75, 3.05) is 19.6 Å². The molecule has 0 spiro atoms. The molecule has 1 aromatic heterocycles. The zero-order chi connectivity index (χ0) is 21.1. The van der Waals surface area contributed by atoms with Gasteiger partial charge in [-0.1, -0.05) is 29.8 Å². The summed E-state index contributed by atoms with van der Waals surface area (Å²) < 4.78 is 27.8. The molecule has 0 bridgehead atoms. The summed E-state index contributed by atoms with van der Waals surface area (Å²) in [6, 6.07) is 14.2. The Morgan fingerprint density at radius 2 is 1.93 bits per heavy atom. The minimum absolute atomic E-state index is 0.130. The molecule has 1 saturated heterocycles. The fourth-order valence-electron chi connectivity index (χ4n) is 3.91. The summed E-state index contributed by atoms with van der Waals surface area (Å²) in [6.45, 7) is 4.53. The third-order valence-corrected chi connectivity index (χ3v) is 6.97. The summed E-state index contributed by atoms with van der Waals surface area (Å²) in [7, 11) is -3.51. The van der Waals surface area contributed by atoms with E-state index in [0.717, 1.165) is 31.5 Å². The van der Waals surface area contributed by atoms with Crippen LogP contribution in [0.5, 0.6) is 0 Å². The number of H-pyrrole nitrogens is 1. The van der Waals surface area contributed by atoms with E-state index in [4.69, 9.17) is 0 Å². The lowest BCUT2D eigenvalue weighted by Gasteiger charge is -2.32. The van der Waals surface area contributed by atoms with Gasteiger partial charge in [0, 0.05) is 13.1 Å². The minimum atomic E-state index is -3.51. The van der Waals surface area contributed by atoms with Gasteiger partial charge in [-0.2, -0.15) is 0 Å². The maximum absolute atomic E-state index is 12.5. The largest absolute Gasteiger partial charge is 0.309 e. The molecule has 2 N–H and O–H groups in total. The van der Waals surface area contributed by atoms with Crippen LogP contribution in [0.1, 0.15) is 24.2 Å². The van der Waals surface area contributed by atoms with Crippen molar-refractivity contribution in [2.45, 2.75) is 31.2 Å². The molecule has 0 amide bonds. The predicted octanol–water partition coefficient (Wildman–Crippen LogP) is 2.42. The smallest absolute Gasteiger partial charge is 0.258 e. The SMILES string of the molecule is Cc1ccc(S(=O)(=O)NCC2CCCN(Cc3nc4ccccc4c(=O)[nH]3)C2)cc1. The highest BCUT2D eigenvalue weighted by Crippen LogP contribution is 2.19. The van der Waals surface area contributed by atoms with Crippen molar-refractivity contribution < 1.29 is 8.42 Å². The number of para-hydroxylation sites is 1. The Morgan fingerprint density at radius 1 is 1.17 bits per heavy atom. The van der Waals surface area contributed by atoms with Crippen LogP contribution in [0, 0.1) is 12.8 Å². The van der Waals surface area contributed by atoms with Gasteiger partial charge in [0.15, 0.2) is 0 Å². The van der Waals surface area contributed by atoms with Gasteiger partial charge in [-0.25, -0.2) is 18.1 Å². The van der Waals surface area contributed by atoms with Crippen molar-refractivity contribution in [1.29, 1.82) is 0 Å². The van der Waals surface area contributed by atoms with Crippen molar-refractivity contribution >= 4 is 20.9 Å². The number of sulfonamides is 1. The second-order valence-corrected chi connectivity index (χ2v) is 9.71. The highest BCUT2D eigenvalue weighted by Gasteiger charge is 2.23. The number of rotatable bonds is 6. The Morgan fingerprint density at radius 3 is 2.73 bits per heavy atom. The third-order valence-electron chi connectivity index (χ3n) is 5.53. The molecule has 8 heteroatoms. The lowest BCUT2D eigenvalue weighted by Crippen LogP contribution is -2.41. The number of aryl methyl sites for hydroxylation is 1. The molecule has 1 aliphatic heterocycles. The maximum atomic E-state index is 12.5. The molecular weight excluding hydrogens is 400 g/mol. The number of likely N-dealkylation sites (tertiary alicyclic amines) is 1. The first-order chi connectivity index (χ1) is 14.4. The molecular formula is C22H26N4O3S. The second kappa shape index (κ2) is 8.67. The third kappa shape index (κ3) is 4.77. The van der Waals surface area contributed by atoms with E-state index >= 15 is 0 Å². The van der Waals surface area contributed by atoms with Gasteiger partial charge in [0.2, 0.25) is 10.0 Å². The molecule has 2 heterocycles. The zero-order valence-corrected chi connectivity index (χ0v) is 17.8. The number of piperidine rings is 1. The van der Waals surface area contributed by atoms with Gasteiger partial charge in [0.1, 0.15) is 5.82 Å². The lowest BCUT2D eigenvalue weighted by atomic mass is 9.98. The summed E-state index contributed by atoms with van der Waals surface area (Å²) in [5.74, 6) is 0.853. The Bertz CT molecular complexity index is 1190. The van der Waals surface area contributed by atoms with Crippen LogP contribution in [0.15, 0.2) is 58.2 Å². The molecule has 0 saturated carbocycles. The van der Waals surface area contributed by atoms with Crippen LogP contribution >= 0.6 is 0 Å². The summed E-state index contributed by atoms with van der Waals surface area (Å²) >= 11 is 0. The molecule has 0 radical (unpaired) electrons. The number of nitrogens with zero attached hydrogens (tertiary/aromatic N) is 2. The average Bonchev–Trinajstić information content (AvgIpc) is 2.73. The Kier molecular flexibility index (Phi) is 5.99. The van der Waals surface area contributed by atoms with Crippen molar-refractivity contribution in [3.8, 4) is 0 Å². The molecule has 3 aromatic rings. The molecule has 1 unspecified atom stereocenters. The van der Waals surface area contributed by atoms with Gasteiger partial charge >= 0.3 is 0 Å². The van der Waals surface area contributed by atoms with Crippen LogP contribution in [0.2, 0.25) is 0 Å². The van der Waals surface area contributed by atoms with Crippen LogP contribution in [0.3, 0.4) is 0 Å². The van der Waals surface area contributed by atoms with E-state index in [1.165, 1.54) is 0 Å². The fourth-order valence-corrected chi connectivity index (χ4v) is 5.03. The fraction of sp³-hybridized carbons (Fsp3) is 0.364. The predicted molar refractivity (Wildman–Crippen MR) is 117 cm³/mol. The minimum Gasteiger partial charge on any atom is -0.309 e. The van der Waals surface area contributed by atoms with Crippen molar-refractivity contribution in [3.05, 3.63) is 70.3 Å². The van der Waals surface area contributed by atoms with Crippen LogP contribution < -0.4 is 10.3 Å². The number of hydrogen-bond acceptors (Lipinski definition) is 5. The number of fused-ring (bicyclic) bond motifs is 1. The zero-order valence-electron chi connectivity index (χ0n) is 17.0. The first-order valence-electron chi connectivity index (χ1n) is 10.2. The van der Waals surface area contributed by atoms with Gasteiger partial charge < -0.3 is 4.98 Å². The highest BCUT2D eigenvalue weighted by atomic mass is 32.2. The van der Waals surface area contributed by atoms with Crippen LogP contribution in [-0.2, 0) is 16.6 Å². The number of benzene rings is 2. The summed E-state index contributed by atoms with van der Waals surface area (Å²) in [5.41, 5.74) is 1.59. The van der Waals surface area contributed by atoms with E-state index in [0.29, 0.717) is 34.7 Å². The molecule has 30 heavy (non-hydrogen) atoms. The molecule has 7 nitrogen and oxygen atoms in total. The first-order valence-corrected chi connectivity index (χ1v) is 11.7.